The molecule has 1 saturated heterocycles. The van der Waals surface area contributed by atoms with Crippen molar-refractivity contribution in [3.05, 3.63) is 35.6 Å². The van der Waals surface area contributed by atoms with Crippen LogP contribution in [0.1, 0.15) is 18.4 Å². The number of carboxylic acid groups (broad SMARTS) is 1. The molecule has 0 aliphatic carbocycles. The first kappa shape index (κ1) is 14.5. The third-order valence-electron chi connectivity index (χ3n) is 3.19. The van der Waals surface area contributed by atoms with Crippen LogP contribution in [0.25, 0.3) is 0 Å². The van der Waals surface area contributed by atoms with Crippen LogP contribution in [0.5, 0.6) is 0 Å². The van der Waals surface area contributed by atoms with Crippen LogP contribution in [0.4, 0.5) is 4.39 Å². The van der Waals surface area contributed by atoms with Gasteiger partial charge in [0.2, 0.25) is 5.91 Å². The molecule has 0 bridgehead atoms. The first-order chi connectivity index (χ1) is 9.56. The summed E-state index contributed by atoms with van der Waals surface area (Å²) < 4.78 is 18.0. The summed E-state index contributed by atoms with van der Waals surface area (Å²) in [6.07, 6.45) is 0.946. The molecule has 2 atom stereocenters. The number of rotatable bonds is 5. The number of aliphatic carboxylic acids is 1. The Morgan fingerprint density at radius 2 is 2.10 bits per heavy atom. The van der Waals surface area contributed by atoms with Crippen LogP contribution in [0.2, 0.25) is 0 Å². The molecule has 1 aliphatic rings. The second-order valence-corrected chi connectivity index (χ2v) is 4.73. The Labute approximate surface area is 115 Å². The second-order valence-electron chi connectivity index (χ2n) is 4.73. The summed E-state index contributed by atoms with van der Waals surface area (Å²) in [4.78, 5) is 23.0. The van der Waals surface area contributed by atoms with Crippen LogP contribution < -0.4 is 5.32 Å². The molecule has 0 radical (unpaired) electrons. The number of nitrogens with one attached hydrogen (secondary N) is 1. The Morgan fingerprint density at radius 3 is 2.65 bits per heavy atom. The smallest absolute Gasteiger partial charge is 0.326 e. The zero-order chi connectivity index (χ0) is 14.5. The van der Waals surface area contributed by atoms with Gasteiger partial charge in [0, 0.05) is 13.0 Å². The van der Waals surface area contributed by atoms with Crippen LogP contribution in [0.15, 0.2) is 24.3 Å². The predicted octanol–water partition coefficient (Wildman–Crippen LogP) is 1.12. The lowest BCUT2D eigenvalue weighted by atomic mass is 10.1. The molecule has 20 heavy (non-hydrogen) atoms. The monoisotopic (exact) mass is 281 g/mol. The Morgan fingerprint density at radius 1 is 1.40 bits per heavy atom. The van der Waals surface area contributed by atoms with Gasteiger partial charge in [-0.1, -0.05) is 12.1 Å². The zero-order valence-corrected chi connectivity index (χ0v) is 10.8. The highest BCUT2D eigenvalue weighted by molar-refractivity contribution is 5.86. The van der Waals surface area contributed by atoms with Crippen molar-refractivity contribution in [3.8, 4) is 0 Å². The molecule has 1 fully saturated rings. The highest BCUT2D eigenvalue weighted by Gasteiger charge is 2.28. The van der Waals surface area contributed by atoms with Gasteiger partial charge in [-0.25, -0.2) is 9.18 Å². The van der Waals surface area contributed by atoms with Crippen molar-refractivity contribution >= 4 is 11.9 Å². The third kappa shape index (κ3) is 3.77. The minimum Gasteiger partial charge on any atom is -0.480 e. The van der Waals surface area contributed by atoms with Crippen LogP contribution in [-0.2, 0) is 20.7 Å². The van der Waals surface area contributed by atoms with Crippen LogP contribution in [-0.4, -0.2) is 35.7 Å². The number of carboxylic acids is 1. The summed E-state index contributed by atoms with van der Waals surface area (Å²) >= 11 is 0. The van der Waals surface area contributed by atoms with Gasteiger partial charge in [-0.3, -0.25) is 4.79 Å². The average molecular weight is 281 g/mol. The molecule has 1 amide bonds. The van der Waals surface area contributed by atoms with Gasteiger partial charge in [0.25, 0.3) is 0 Å². The molecule has 1 aliphatic heterocycles. The van der Waals surface area contributed by atoms with E-state index in [1.165, 1.54) is 24.3 Å². The normalized spacial score (nSPS) is 19.6. The molecule has 5 nitrogen and oxygen atoms in total. The molecule has 2 rings (SSSR count). The molecule has 0 unspecified atom stereocenters. The molecular formula is C14H16FNO4. The molecule has 1 heterocycles. The largest absolute Gasteiger partial charge is 0.480 e. The Bertz CT molecular complexity index is 482. The van der Waals surface area contributed by atoms with Crippen molar-refractivity contribution in [3.63, 3.8) is 0 Å². The summed E-state index contributed by atoms with van der Waals surface area (Å²) in [5.41, 5.74) is 0.645. The molecule has 1 aromatic rings. The van der Waals surface area contributed by atoms with Gasteiger partial charge < -0.3 is 15.2 Å². The van der Waals surface area contributed by atoms with Crippen LogP contribution in [0.3, 0.4) is 0 Å². The highest BCUT2D eigenvalue weighted by Crippen LogP contribution is 2.13. The fourth-order valence-corrected chi connectivity index (χ4v) is 2.11. The van der Waals surface area contributed by atoms with Crippen molar-refractivity contribution < 1.29 is 23.8 Å². The number of ether oxygens (including phenoxy) is 1. The number of carbonyl (C=O) groups is 2. The highest BCUT2D eigenvalue weighted by atomic mass is 19.1. The summed E-state index contributed by atoms with van der Waals surface area (Å²) in [5, 5.41) is 11.6. The zero-order valence-electron chi connectivity index (χ0n) is 10.8. The van der Waals surface area contributed by atoms with E-state index in [1.807, 2.05) is 0 Å². The molecule has 2 N–H and O–H groups in total. The fraction of sp³-hybridized carbons (Fsp3) is 0.429. The predicted molar refractivity (Wildman–Crippen MR) is 68.6 cm³/mol. The van der Waals surface area contributed by atoms with Crippen molar-refractivity contribution in [1.82, 2.24) is 5.32 Å². The van der Waals surface area contributed by atoms with E-state index < -0.39 is 24.0 Å². The second kappa shape index (κ2) is 6.47. The standard InChI is InChI=1S/C14H16FNO4/c15-10-5-3-9(4-6-10)8-11(14(18)19)16-13(17)12-2-1-7-20-12/h3-6,11-12H,1-2,7-8H2,(H,16,17)(H,18,19)/t11-,12-/m0/s1. The van der Waals surface area contributed by atoms with E-state index in [4.69, 9.17) is 9.84 Å². The minimum absolute atomic E-state index is 0.105. The van der Waals surface area contributed by atoms with Gasteiger partial charge in [-0.05, 0) is 30.5 Å². The van der Waals surface area contributed by atoms with Gasteiger partial charge in [0.1, 0.15) is 18.0 Å². The quantitative estimate of drug-likeness (QED) is 0.848. The van der Waals surface area contributed by atoms with E-state index in [2.05, 4.69) is 5.32 Å². The van der Waals surface area contributed by atoms with E-state index in [0.29, 0.717) is 18.6 Å². The van der Waals surface area contributed by atoms with E-state index in [1.54, 1.807) is 0 Å². The average Bonchev–Trinajstić information content (AvgIpc) is 2.94. The summed E-state index contributed by atoms with van der Waals surface area (Å²) in [6, 6.07) is 4.48. The van der Waals surface area contributed by atoms with E-state index in [-0.39, 0.29) is 12.2 Å². The topological polar surface area (TPSA) is 75.6 Å². The van der Waals surface area contributed by atoms with E-state index in [9.17, 15) is 14.0 Å². The Hall–Kier alpha value is -1.95. The minimum atomic E-state index is -1.12. The SMILES string of the molecule is O=C(O)[C@H](Cc1ccc(F)cc1)NC(=O)[C@@H]1CCCO1. The van der Waals surface area contributed by atoms with Crippen LogP contribution >= 0.6 is 0 Å². The maximum atomic E-state index is 12.8. The van der Waals surface area contributed by atoms with Gasteiger partial charge in [0.05, 0.1) is 0 Å². The van der Waals surface area contributed by atoms with Crippen molar-refractivity contribution in [2.24, 2.45) is 0 Å². The number of hydrogen-bond acceptors (Lipinski definition) is 3. The van der Waals surface area contributed by atoms with Crippen molar-refractivity contribution in [2.45, 2.75) is 31.4 Å². The molecule has 0 spiro atoms. The fourth-order valence-electron chi connectivity index (χ4n) is 2.11. The van der Waals surface area contributed by atoms with Gasteiger partial charge in [-0.15, -0.1) is 0 Å². The molecular weight excluding hydrogens is 265 g/mol. The lowest BCUT2D eigenvalue weighted by Crippen LogP contribution is -2.46. The molecule has 6 heteroatoms. The van der Waals surface area contributed by atoms with Crippen molar-refractivity contribution in [2.75, 3.05) is 6.61 Å². The van der Waals surface area contributed by atoms with E-state index >= 15 is 0 Å². The number of carbonyl (C=O) groups excluding carboxylic acids is 1. The third-order valence-corrected chi connectivity index (χ3v) is 3.19. The first-order valence-electron chi connectivity index (χ1n) is 6.45. The van der Waals surface area contributed by atoms with Crippen molar-refractivity contribution in [1.29, 1.82) is 0 Å². The molecule has 0 saturated carbocycles. The van der Waals surface area contributed by atoms with Gasteiger partial charge >= 0.3 is 5.97 Å². The summed E-state index contributed by atoms with van der Waals surface area (Å²) in [7, 11) is 0. The number of amides is 1. The summed E-state index contributed by atoms with van der Waals surface area (Å²) in [6.45, 7) is 0.522. The molecule has 108 valence electrons. The Kier molecular flexibility index (Phi) is 4.68. The van der Waals surface area contributed by atoms with E-state index in [0.717, 1.165) is 6.42 Å². The molecule has 0 aromatic heterocycles. The van der Waals surface area contributed by atoms with Gasteiger partial charge in [0.15, 0.2) is 0 Å². The maximum Gasteiger partial charge on any atom is 0.326 e. The van der Waals surface area contributed by atoms with Gasteiger partial charge in [-0.2, -0.15) is 0 Å². The summed E-state index contributed by atoms with van der Waals surface area (Å²) in [5.74, 6) is -1.92. The van der Waals surface area contributed by atoms with Crippen LogP contribution in [0, 0.1) is 5.82 Å². The first-order valence-corrected chi connectivity index (χ1v) is 6.45. The maximum absolute atomic E-state index is 12.8. The number of benzene rings is 1. The lowest BCUT2D eigenvalue weighted by Gasteiger charge is -2.17. The lowest BCUT2D eigenvalue weighted by molar-refractivity contribution is -0.143. The Balaban J connectivity index is 1.98. The number of halogens is 1. The number of hydrogen-bond donors (Lipinski definition) is 2. The molecule has 1 aromatic carbocycles.